The summed E-state index contributed by atoms with van der Waals surface area (Å²) in [4.78, 5) is 28.5. The largest absolute Gasteiger partial charge is 0.478 e. The summed E-state index contributed by atoms with van der Waals surface area (Å²) in [5.74, 6) is -1.03. The van der Waals surface area contributed by atoms with Crippen LogP contribution in [0.2, 0.25) is 0 Å². The molecule has 3 rings (SSSR count). The van der Waals surface area contributed by atoms with E-state index in [2.05, 4.69) is 9.88 Å². The van der Waals surface area contributed by atoms with Crippen LogP contribution >= 0.6 is 0 Å². The van der Waals surface area contributed by atoms with Gasteiger partial charge in [0.2, 0.25) is 0 Å². The molecule has 1 aliphatic rings. The minimum Gasteiger partial charge on any atom is -0.478 e. The molecule has 2 heterocycles. The van der Waals surface area contributed by atoms with Crippen LogP contribution in [0, 0.1) is 0 Å². The van der Waals surface area contributed by atoms with Gasteiger partial charge in [0.25, 0.3) is 0 Å². The van der Waals surface area contributed by atoms with Crippen LogP contribution in [0.15, 0.2) is 29.1 Å². The lowest BCUT2D eigenvalue weighted by Crippen LogP contribution is -2.36. The van der Waals surface area contributed by atoms with Crippen LogP contribution in [0.4, 0.5) is 0 Å². The van der Waals surface area contributed by atoms with Gasteiger partial charge >= 0.3 is 5.97 Å². The minimum absolute atomic E-state index is 0.119. The first kappa shape index (κ1) is 13.8. The first-order valence-electron chi connectivity index (χ1n) is 6.83. The highest BCUT2D eigenvalue weighted by Crippen LogP contribution is 2.13. The van der Waals surface area contributed by atoms with Gasteiger partial charge in [0.15, 0.2) is 5.43 Å². The van der Waals surface area contributed by atoms with Crippen molar-refractivity contribution >= 4 is 16.9 Å². The third kappa shape index (κ3) is 2.96. The number of rotatable bonds is 3. The van der Waals surface area contributed by atoms with Crippen molar-refractivity contribution in [1.82, 2.24) is 9.88 Å². The third-order valence-corrected chi connectivity index (χ3v) is 3.63. The van der Waals surface area contributed by atoms with Crippen molar-refractivity contribution in [2.75, 3.05) is 26.3 Å². The van der Waals surface area contributed by atoms with Crippen LogP contribution in [-0.4, -0.2) is 47.3 Å². The highest BCUT2D eigenvalue weighted by atomic mass is 16.5. The molecule has 2 aromatic rings. The van der Waals surface area contributed by atoms with Gasteiger partial charge in [-0.05, 0) is 18.2 Å². The van der Waals surface area contributed by atoms with E-state index in [1.165, 1.54) is 12.1 Å². The summed E-state index contributed by atoms with van der Waals surface area (Å²) >= 11 is 0. The number of carboxylic acid groups (broad SMARTS) is 1. The topological polar surface area (TPSA) is 82.6 Å². The quantitative estimate of drug-likeness (QED) is 0.882. The number of aromatic nitrogens is 1. The van der Waals surface area contributed by atoms with Crippen molar-refractivity contribution in [1.29, 1.82) is 0 Å². The van der Waals surface area contributed by atoms with Crippen molar-refractivity contribution in [2.24, 2.45) is 0 Å². The van der Waals surface area contributed by atoms with Crippen molar-refractivity contribution in [3.05, 3.63) is 45.7 Å². The highest BCUT2D eigenvalue weighted by molar-refractivity contribution is 5.93. The lowest BCUT2D eigenvalue weighted by molar-refractivity contribution is 0.0337. The maximum absolute atomic E-state index is 12.2. The number of H-pyrrole nitrogens is 1. The number of benzene rings is 1. The molecule has 0 bridgehead atoms. The average Bonchev–Trinajstić information content (AvgIpc) is 2.48. The number of pyridine rings is 1. The van der Waals surface area contributed by atoms with E-state index >= 15 is 0 Å². The number of nitrogens with one attached hydrogen (secondary N) is 1. The predicted molar refractivity (Wildman–Crippen MR) is 77.6 cm³/mol. The number of morpholine rings is 1. The van der Waals surface area contributed by atoms with Gasteiger partial charge in [0, 0.05) is 42.3 Å². The summed E-state index contributed by atoms with van der Waals surface area (Å²) in [7, 11) is 0. The molecule has 21 heavy (non-hydrogen) atoms. The van der Waals surface area contributed by atoms with Gasteiger partial charge in [0.1, 0.15) is 0 Å². The van der Waals surface area contributed by atoms with E-state index in [0.717, 1.165) is 18.8 Å². The first-order valence-corrected chi connectivity index (χ1v) is 6.83. The number of fused-ring (bicyclic) bond motifs is 1. The van der Waals surface area contributed by atoms with Gasteiger partial charge < -0.3 is 14.8 Å². The Hall–Kier alpha value is -2.18. The second-order valence-electron chi connectivity index (χ2n) is 5.11. The van der Waals surface area contributed by atoms with Gasteiger partial charge in [-0.25, -0.2) is 4.79 Å². The summed E-state index contributed by atoms with van der Waals surface area (Å²) < 4.78 is 5.30. The Bertz CT molecular complexity index is 732. The Morgan fingerprint density at radius 2 is 2.05 bits per heavy atom. The second kappa shape index (κ2) is 5.67. The number of aromatic amines is 1. The number of nitrogens with zero attached hydrogens (tertiary/aromatic N) is 1. The monoisotopic (exact) mass is 288 g/mol. The number of carboxylic acids is 1. The predicted octanol–water partition coefficient (Wildman–Crippen LogP) is 1.06. The molecule has 1 aromatic carbocycles. The zero-order valence-corrected chi connectivity index (χ0v) is 11.5. The third-order valence-electron chi connectivity index (χ3n) is 3.63. The Kier molecular flexibility index (Phi) is 3.72. The molecule has 0 spiro atoms. The number of aromatic carboxylic acids is 1. The van der Waals surface area contributed by atoms with Gasteiger partial charge in [-0.3, -0.25) is 9.69 Å². The van der Waals surface area contributed by atoms with E-state index in [4.69, 9.17) is 9.84 Å². The van der Waals surface area contributed by atoms with E-state index < -0.39 is 5.97 Å². The Morgan fingerprint density at radius 3 is 2.76 bits per heavy atom. The summed E-state index contributed by atoms with van der Waals surface area (Å²) in [6.45, 7) is 3.77. The molecule has 1 aliphatic heterocycles. The molecule has 1 aromatic heterocycles. The SMILES string of the molecule is O=C(O)c1ccc2[nH]c(CN3CCOCC3)cc(=O)c2c1. The van der Waals surface area contributed by atoms with Crippen molar-refractivity contribution in [3.63, 3.8) is 0 Å². The minimum atomic E-state index is -1.03. The fourth-order valence-corrected chi connectivity index (χ4v) is 2.52. The molecular formula is C15H16N2O4. The molecule has 0 amide bonds. The Balaban J connectivity index is 1.93. The van der Waals surface area contributed by atoms with Crippen LogP contribution < -0.4 is 5.43 Å². The molecule has 6 heteroatoms. The summed E-state index contributed by atoms with van der Waals surface area (Å²) in [5, 5.41) is 9.38. The van der Waals surface area contributed by atoms with Crippen LogP contribution in [0.3, 0.4) is 0 Å². The smallest absolute Gasteiger partial charge is 0.335 e. The Morgan fingerprint density at radius 1 is 1.29 bits per heavy atom. The summed E-state index contributed by atoms with van der Waals surface area (Å²) in [6.07, 6.45) is 0. The van der Waals surface area contributed by atoms with Crippen LogP contribution in [0.25, 0.3) is 10.9 Å². The number of hydrogen-bond acceptors (Lipinski definition) is 4. The standard InChI is InChI=1S/C15H16N2O4/c18-14-8-11(9-17-3-5-21-6-4-17)16-13-2-1-10(15(19)20)7-12(13)14/h1-2,7-8H,3-6,9H2,(H,16,18)(H,19,20). The first-order chi connectivity index (χ1) is 10.1. The molecule has 0 unspecified atom stereocenters. The maximum Gasteiger partial charge on any atom is 0.335 e. The number of hydrogen-bond donors (Lipinski definition) is 2. The van der Waals surface area contributed by atoms with E-state index in [1.807, 2.05) is 0 Å². The Labute approximate surface area is 121 Å². The molecule has 0 atom stereocenters. The zero-order chi connectivity index (χ0) is 14.8. The molecule has 6 nitrogen and oxygen atoms in total. The molecule has 1 saturated heterocycles. The fraction of sp³-hybridized carbons (Fsp3) is 0.333. The highest BCUT2D eigenvalue weighted by Gasteiger charge is 2.12. The van der Waals surface area contributed by atoms with Gasteiger partial charge in [-0.1, -0.05) is 0 Å². The normalized spacial score (nSPS) is 16.2. The van der Waals surface area contributed by atoms with E-state index in [9.17, 15) is 9.59 Å². The second-order valence-corrected chi connectivity index (χ2v) is 5.11. The number of carbonyl (C=O) groups is 1. The zero-order valence-electron chi connectivity index (χ0n) is 11.5. The van der Waals surface area contributed by atoms with Gasteiger partial charge in [-0.2, -0.15) is 0 Å². The number of ether oxygens (including phenoxy) is 1. The molecule has 0 aliphatic carbocycles. The van der Waals surface area contributed by atoms with Crippen molar-refractivity contribution < 1.29 is 14.6 Å². The fourth-order valence-electron chi connectivity index (χ4n) is 2.52. The summed E-state index contributed by atoms with van der Waals surface area (Å²) in [5.41, 5.74) is 1.46. The van der Waals surface area contributed by atoms with Crippen molar-refractivity contribution in [2.45, 2.75) is 6.54 Å². The lowest BCUT2D eigenvalue weighted by atomic mass is 10.1. The molecule has 110 valence electrons. The summed E-state index contributed by atoms with van der Waals surface area (Å²) in [6, 6.07) is 6.10. The molecular weight excluding hydrogens is 272 g/mol. The maximum atomic E-state index is 12.2. The van der Waals surface area contributed by atoms with Gasteiger partial charge in [0.05, 0.1) is 18.8 Å². The van der Waals surface area contributed by atoms with Crippen molar-refractivity contribution in [3.8, 4) is 0 Å². The molecule has 0 radical (unpaired) electrons. The van der Waals surface area contributed by atoms with Crippen LogP contribution in [-0.2, 0) is 11.3 Å². The molecule has 1 fully saturated rings. The van der Waals surface area contributed by atoms with Crippen LogP contribution in [0.1, 0.15) is 16.1 Å². The molecule has 2 N–H and O–H groups in total. The van der Waals surface area contributed by atoms with E-state index in [1.54, 1.807) is 12.1 Å². The van der Waals surface area contributed by atoms with Gasteiger partial charge in [-0.15, -0.1) is 0 Å². The van der Waals surface area contributed by atoms with E-state index in [-0.39, 0.29) is 11.0 Å². The van der Waals surface area contributed by atoms with Crippen LogP contribution in [0.5, 0.6) is 0 Å². The lowest BCUT2D eigenvalue weighted by Gasteiger charge is -2.26. The van der Waals surface area contributed by atoms with E-state index in [0.29, 0.717) is 30.7 Å². The average molecular weight is 288 g/mol. The molecule has 0 saturated carbocycles.